The predicted octanol–water partition coefficient (Wildman–Crippen LogP) is 1.94. The molecule has 0 bridgehead atoms. The lowest BCUT2D eigenvalue weighted by Gasteiger charge is -2.30. The largest absolute Gasteiger partial charge is 1.00 e. The molecule has 28 heavy (non-hydrogen) atoms. The standard InChI is InChI=1S/C18H15P.C7H18N.ClH/c1-4-10-16(11-5-1)19(17-12-6-2-7-13-17)18-14-8-3-9-15-18;1-5-8(4,6-2)7-3;/h1-15H;5-7H2,1-4H3;1H/q;+1;/p-1. The lowest BCUT2D eigenvalue weighted by atomic mass is 10.4. The van der Waals surface area contributed by atoms with Crippen LogP contribution in [0, 0.1) is 0 Å². The molecule has 0 aliphatic rings. The van der Waals surface area contributed by atoms with Gasteiger partial charge in [-0.05, 0) is 44.6 Å². The molecule has 0 atom stereocenters. The second-order valence-corrected chi connectivity index (χ2v) is 9.13. The van der Waals surface area contributed by atoms with Crippen molar-refractivity contribution in [2.75, 3.05) is 26.7 Å². The van der Waals surface area contributed by atoms with Gasteiger partial charge in [-0.15, -0.1) is 0 Å². The van der Waals surface area contributed by atoms with E-state index in [1.54, 1.807) is 0 Å². The van der Waals surface area contributed by atoms with Gasteiger partial charge in [0.15, 0.2) is 0 Å². The second kappa shape index (κ2) is 12.7. The smallest absolute Gasteiger partial charge is 0.0755 e. The lowest BCUT2D eigenvalue weighted by molar-refractivity contribution is -0.904. The van der Waals surface area contributed by atoms with E-state index in [4.69, 9.17) is 0 Å². The minimum Gasteiger partial charge on any atom is -1.00 e. The first-order chi connectivity index (χ1) is 13.1. The van der Waals surface area contributed by atoms with Gasteiger partial charge in [0.2, 0.25) is 0 Å². The zero-order chi connectivity index (χ0) is 19.5. The van der Waals surface area contributed by atoms with Crippen molar-refractivity contribution < 1.29 is 16.9 Å². The highest BCUT2D eigenvalue weighted by molar-refractivity contribution is 7.79. The van der Waals surface area contributed by atoms with Crippen molar-refractivity contribution in [2.24, 2.45) is 0 Å². The van der Waals surface area contributed by atoms with E-state index in [0.717, 1.165) is 0 Å². The monoisotopic (exact) mass is 413 g/mol. The third kappa shape index (κ3) is 7.06. The molecule has 0 saturated carbocycles. The lowest BCUT2D eigenvalue weighted by Crippen LogP contribution is -3.00. The molecule has 0 radical (unpaired) electrons. The van der Waals surface area contributed by atoms with Gasteiger partial charge in [0.05, 0.1) is 26.7 Å². The van der Waals surface area contributed by atoms with Crippen LogP contribution in [0.3, 0.4) is 0 Å². The van der Waals surface area contributed by atoms with Crippen molar-refractivity contribution in [2.45, 2.75) is 20.8 Å². The number of quaternary nitrogens is 1. The molecule has 0 amide bonds. The summed E-state index contributed by atoms with van der Waals surface area (Å²) < 4.78 is 1.21. The van der Waals surface area contributed by atoms with Crippen LogP contribution < -0.4 is 28.3 Å². The van der Waals surface area contributed by atoms with Gasteiger partial charge >= 0.3 is 0 Å². The van der Waals surface area contributed by atoms with Crippen molar-refractivity contribution in [1.29, 1.82) is 0 Å². The van der Waals surface area contributed by atoms with E-state index in [2.05, 4.69) is 119 Å². The summed E-state index contributed by atoms with van der Waals surface area (Å²) in [6.45, 7) is 10.5. The summed E-state index contributed by atoms with van der Waals surface area (Å²) in [6.07, 6.45) is 0. The van der Waals surface area contributed by atoms with Gasteiger partial charge in [-0.25, -0.2) is 0 Å². The van der Waals surface area contributed by atoms with Crippen molar-refractivity contribution in [1.82, 2.24) is 0 Å². The Morgan fingerprint density at radius 2 is 0.786 bits per heavy atom. The molecule has 150 valence electrons. The summed E-state index contributed by atoms with van der Waals surface area (Å²) in [4.78, 5) is 0. The Kier molecular flexibility index (Phi) is 11.1. The molecule has 0 N–H and O–H groups in total. The number of nitrogens with zero attached hydrogens (tertiary/aromatic N) is 1. The normalized spacial score (nSPS) is 10.6. The van der Waals surface area contributed by atoms with Crippen LogP contribution in [0.15, 0.2) is 91.0 Å². The first-order valence-electron chi connectivity index (χ1n) is 9.92. The fourth-order valence-electron chi connectivity index (χ4n) is 2.85. The highest BCUT2D eigenvalue weighted by Gasteiger charge is 2.15. The van der Waals surface area contributed by atoms with Gasteiger partial charge in [0.25, 0.3) is 0 Å². The Morgan fingerprint density at radius 3 is 0.964 bits per heavy atom. The van der Waals surface area contributed by atoms with E-state index in [1.165, 1.54) is 40.0 Å². The average Bonchev–Trinajstić information content (AvgIpc) is 2.76. The van der Waals surface area contributed by atoms with E-state index < -0.39 is 7.92 Å². The maximum Gasteiger partial charge on any atom is 0.0755 e. The molecule has 0 unspecified atom stereocenters. The Balaban J connectivity index is 0.000000376. The van der Waals surface area contributed by atoms with E-state index in [0.29, 0.717) is 0 Å². The molecule has 3 aromatic carbocycles. The summed E-state index contributed by atoms with van der Waals surface area (Å²) in [5.41, 5.74) is 0. The van der Waals surface area contributed by atoms with Gasteiger partial charge in [-0.1, -0.05) is 91.0 Å². The fraction of sp³-hybridized carbons (Fsp3) is 0.280. The minimum absolute atomic E-state index is 0. The summed E-state index contributed by atoms with van der Waals surface area (Å²) in [5.74, 6) is 0. The van der Waals surface area contributed by atoms with Gasteiger partial charge in [-0.2, -0.15) is 0 Å². The number of halogens is 1. The molecule has 0 heterocycles. The van der Waals surface area contributed by atoms with Crippen LogP contribution in [0.2, 0.25) is 0 Å². The van der Waals surface area contributed by atoms with Crippen molar-refractivity contribution in [3.05, 3.63) is 91.0 Å². The molecule has 0 aromatic heterocycles. The van der Waals surface area contributed by atoms with E-state index >= 15 is 0 Å². The molecular weight excluding hydrogens is 381 g/mol. The van der Waals surface area contributed by atoms with Crippen LogP contribution in [0.25, 0.3) is 0 Å². The summed E-state index contributed by atoms with van der Waals surface area (Å²) >= 11 is 0. The quantitative estimate of drug-likeness (QED) is 0.428. The molecule has 3 aromatic rings. The zero-order valence-corrected chi connectivity index (χ0v) is 19.2. The van der Waals surface area contributed by atoms with Gasteiger partial charge in [0, 0.05) is 0 Å². The minimum atomic E-state index is -0.446. The van der Waals surface area contributed by atoms with Crippen molar-refractivity contribution in [3.63, 3.8) is 0 Å². The Hall–Kier alpha value is -1.66. The van der Waals surface area contributed by atoms with Gasteiger partial charge in [0.1, 0.15) is 0 Å². The molecule has 0 fully saturated rings. The molecule has 0 spiro atoms. The van der Waals surface area contributed by atoms with Crippen LogP contribution in [0.5, 0.6) is 0 Å². The highest BCUT2D eigenvalue weighted by atomic mass is 35.5. The third-order valence-electron chi connectivity index (χ3n) is 5.33. The van der Waals surface area contributed by atoms with Crippen LogP contribution in [0.4, 0.5) is 0 Å². The van der Waals surface area contributed by atoms with Crippen LogP contribution >= 0.6 is 7.92 Å². The summed E-state index contributed by atoms with van der Waals surface area (Å²) in [5, 5.41) is 4.19. The number of rotatable bonds is 6. The Labute approximate surface area is 179 Å². The Morgan fingerprint density at radius 1 is 0.536 bits per heavy atom. The SMILES string of the molecule is CC[N+](C)(CC)CC.[Cl-].c1ccc(P(c2ccccc2)c2ccccc2)cc1. The number of benzene rings is 3. The van der Waals surface area contributed by atoms with Gasteiger partial charge in [-0.3, -0.25) is 0 Å². The summed E-state index contributed by atoms with van der Waals surface area (Å²) in [6, 6.07) is 32.3. The van der Waals surface area contributed by atoms with Gasteiger partial charge < -0.3 is 16.9 Å². The number of hydrogen-bond donors (Lipinski definition) is 0. The molecule has 0 aliphatic heterocycles. The fourth-order valence-corrected chi connectivity index (χ4v) is 5.15. The maximum absolute atomic E-state index is 2.29. The third-order valence-corrected chi connectivity index (χ3v) is 7.78. The molecule has 1 nitrogen and oxygen atoms in total. The van der Waals surface area contributed by atoms with Crippen molar-refractivity contribution >= 4 is 23.8 Å². The van der Waals surface area contributed by atoms with Crippen LogP contribution in [-0.4, -0.2) is 31.2 Å². The molecule has 3 heteroatoms. The molecule has 3 rings (SSSR count). The van der Waals surface area contributed by atoms with E-state index in [1.807, 2.05) is 0 Å². The van der Waals surface area contributed by atoms with E-state index in [-0.39, 0.29) is 12.4 Å². The molecular formula is C25H33ClNP. The van der Waals surface area contributed by atoms with Crippen molar-refractivity contribution in [3.8, 4) is 0 Å². The first-order valence-corrected chi connectivity index (χ1v) is 11.3. The van der Waals surface area contributed by atoms with Crippen LogP contribution in [0.1, 0.15) is 20.8 Å². The topological polar surface area (TPSA) is 0 Å². The Bertz CT molecular complexity index is 656. The van der Waals surface area contributed by atoms with Crippen LogP contribution in [-0.2, 0) is 0 Å². The predicted molar refractivity (Wildman–Crippen MR) is 123 cm³/mol. The molecule has 0 saturated heterocycles. The first kappa shape index (κ1) is 24.4. The second-order valence-electron chi connectivity index (χ2n) is 6.91. The maximum atomic E-state index is 2.29. The average molecular weight is 414 g/mol. The van der Waals surface area contributed by atoms with E-state index in [9.17, 15) is 0 Å². The molecule has 0 aliphatic carbocycles. The number of hydrogen-bond acceptors (Lipinski definition) is 0. The highest BCUT2D eigenvalue weighted by Crippen LogP contribution is 2.32. The summed E-state index contributed by atoms with van der Waals surface area (Å²) in [7, 11) is 1.85. The zero-order valence-electron chi connectivity index (χ0n) is 17.6.